The van der Waals surface area contributed by atoms with Crippen molar-refractivity contribution in [1.29, 1.82) is 0 Å². The normalized spacial score (nSPS) is 14.2. The highest BCUT2D eigenvalue weighted by molar-refractivity contribution is 7.09. The first kappa shape index (κ1) is 31.3. The number of likely N-dealkylation sites (N-methyl/N-ethyl adjacent to an activating group) is 1. The van der Waals surface area contributed by atoms with E-state index in [1.54, 1.807) is 41.8 Å². The van der Waals surface area contributed by atoms with Crippen molar-refractivity contribution in [2.75, 3.05) is 18.5 Å². The fourth-order valence-corrected chi connectivity index (χ4v) is 5.99. The molecule has 4 aromatic rings. The molecule has 1 saturated carbocycles. The van der Waals surface area contributed by atoms with Crippen LogP contribution in [0.1, 0.15) is 75.2 Å². The number of aromatic nitrogens is 2. The standard InChI is InChI=1S/C35H41N5O3S/c1-23(2)28-17-30(19-36-18-28)39(4)20-32(41)31(15-25-9-6-5-7-10-25)38-34(42)26-11-8-12-27(16-26)35(43)40(29-13-14-29)21-33-37-24(3)22-44-33/h5-12,16-19,22-23,29,31-32,41H,13-15,20-21H2,1-4H3,(H,38,42)/t31-,32+/m0/s1. The Morgan fingerprint density at radius 2 is 1.80 bits per heavy atom. The third-order valence-electron chi connectivity index (χ3n) is 7.99. The van der Waals surface area contributed by atoms with E-state index in [4.69, 9.17) is 0 Å². The Hall–Kier alpha value is -4.08. The first-order valence-electron chi connectivity index (χ1n) is 15.2. The number of aliphatic hydroxyl groups is 1. The third kappa shape index (κ3) is 8.09. The van der Waals surface area contributed by atoms with Gasteiger partial charge in [0, 0.05) is 48.0 Å². The van der Waals surface area contributed by atoms with Gasteiger partial charge in [-0.05, 0) is 67.5 Å². The van der Waals surface area contributed by atoms with E-state index in [9.17, 15) is 14.7 Å². The molecule has 2 heterocycles. The molecule has 0 aliphatic heterocycles. The second-order valence-corrected chi connectivity index (χ2v) is 12.9. The van der Waals surface area contributed by atoms with Gasteiger partial charge in [0.2, 0.25) is 0 Å². The number of aryl methyl sites for hydroxylation is 1. The number of benzene rings is 2. The summed E-state index contributed by atoms with van der Waals surface area (Å²) in [7, 11) is 1.92. The molecule has 2 N–H and O–H groups in total. The van der Waals surface area contributed by atoms with Crippen LogP contribution in [0.3, 0.4) is 0 Å². The average Bonchev–Trinajstić information content (AvgIpc) is 3.79. The van der Waals surface area contributed by atoms with Crippen LogP contribution in [-0.4, -0.2) is 63.6 Å². The lowest BCUT2D eigenvalue weighted by molar-refractivity contribution is 0.0729. The van der Waals surface area contributed by atoms with Gasteiger partial charge in [-0.2, -0.15) is 0 Å². The van der Waals surface area contributed by atoms with Gasteiger partial charge in [0.1, 0.15) is 5.01 Å². The van der Waals surface area contributed by atoms with Gasteiger partial charge in [-0.1, -0.05) is 50.2 Å². The van der Waals surface area contributed by atoms with Gasteiger partial charge in [-0.25, -0.2) is 4.98 Å². The van der Waals surface area contributed by atoms with E-state index in [0.717, 1.165) is 40.4 Å². The molecule has 0 radical (unpaired) electrons. The zero-order valence-corrected chi connectivity index (χ0v) is 26.6. The number of carbonyl (C=O) groups is 2. The van der Waals surface area contributed by atoms with Gasteiger partial charge in [0.05, 0.1) is 30.6 Å². The van der Waals surface area contributed by atoms with E-state index in [1.165, 1.54) is 0 Å². The molecule has 8 nitrogen and oxygen atoms in total. The summed E-state index contributed by atoms with van der Waals surface area (Å²) in [5.41, 5.74) is 4.82. The first-order chi connectivity index (χ1) is 21.2. The fourth-order valence-electron chi connectivity index (χ4n) is 5.22. The van der Waals surface area contributed by atoms with Gasteiger partial charge < -0.3 is 20.2 Å². The van der Waals surface area contributed by atoms with E-state index in [0.29, 0.717) is 36.6 Å². The van der Waals surface area contributed by atoms with Crippen LogP contribution in [0.15, 0.2) is 78.4 Å². The molecule has 0 unspecified atom stereocenters. The molecule has 1 fully saturated rings. The second kappa shape index (κ2) is 14.1. The van der Waals surface area contributed by atoms with E-state index in [1.807, 2.05) is 65.7 Å². The van der Waals surface area contributed by atoms with E-state index < -0.39 is 12.1 Å². The van der Waals surface area contributed by atoms with Crippen molar-refractivity contribution < 1.29 is 14.7 Å². The molecule has 230 valence electrons. The number of amides is 2. The van der Waals surface area contributed by atoms with E-state index >= 15 is 0 Å². The monoisotopic (exact) mass is 611 g/mol. The molecular weight excluding hydrogens is 570 g/mol. The van der Waals surface area contributed by atoms with Gasteiger partial charge >= 0.3 is 0 Å². The van der Waals surface area contributed by atoms with Crippen LogP contribution < -0.4 is 10.2 Å². The number of thiazole rings is 1. The van der Waals surface area contributed by atoms with Gasteiger partial charge in [-0.15, -0.1) is 11.3 Å². The quantitative estimate of drug-likeness (QED) is 0.204. The van der Waals surface area contributed by atoms with Crippen LogP contribution >= 0.6 is 11.3 Å². The van der Waals surface area contributed by atoms with Crippen LogP contribution in [0, 0.1) is 6.92 Å². The molecular formula is C35H41N5O3S. The molecule has 1 aliphatic carbocycles. The Kier molecular flexibility index (Phi) is 10.1. The summed E-state index contributed by atoms with van der Waals surface area (Å²) in [6.45, 7) is 6.95. The van der Waals surface area contributed by atoms with Crippen molar-refractivity contribution >= 4 is 28.8 Å². The number of hydrogen-bond donors (Lipinski definition) is 2. The lowest BCUT2D eigenvalue weighted by atomic mass is 9.99. The SMILES string of the molecule is Cc1csc(CN(C(=O)c2cccc(C(=O)N[C@@H](Cc3ccccc3)[C@H](O)CN(C)c3cncc(C(C)C)c3)c2)C2CC2)n1. The lowest BCUT2D eigenvalue weighted by Crippen LogP contribution is -2.49. The number of carbonyl (C=O) groups excluding carboxylic acids is 2. The van der Waals surface area contributed by atoms with Gasteiger partial charge in [0.15, 0.2) is 0 Å². The summed E-state index contributed by atoms with van der Waals surface area (Å²) < 4.78 is 0. The maximum atomic E-state index is 13.6. The molecule has 1 aliphatic rings. The highest BCUT2D eigenvalue weighted by atomic mass is 32.1. The number of hydrogen-bond acceptors (Lipinski definition) is 7. The maximum absolute atomic E-state index is 13.6. The molecule has 2 aromatic heterocycles. The molecule has 2 aromatic carbocycles. The molecule has 0 saturated heterocycles. The van der Waals surface area contributed by atoms with Crippen LogP contribution in [0.4, 0.5) is 5.69 Å². The van der Waals surface area contributed by atoms with E-state index in [-0.39, 0.29) is 17.9 Å². The minimum Gasteiger partial charge on any atom is -0.389 e. The van der Waals surface area contributed by atoms with Crippen LogP contribution in [0.5, 0.6) is 0 Å². The highest BCUT2D eigenvalue weighted by Crippen LogP contribution is 2.30. The van der Waals surface area contributed by atoms with Gasteiger partial charge in [-0.3, -0.25) is 14.6 Å². The van der Waals surface area contributed by atoms with Crippen molar-refractivity contribution in [1.82, 2.24) is 20.2 Å². The molecule has 44 heavy (non-hydrogen) atoms. The number of rotatable bonds is 13. The Morgan fingerprint density at radius 1 is 1.05 bits per heavy atom. The van der Waals surface area contributed by atoms with Crippen LogP contribution in [0.25, 0.3) is 0 Å². The molecule has 2 amide bonds. The number of nitrogens with zero attached hydrogens (tertiary/aromatic N) is 4. The number of nitrogens with one attached hydrogen (secondary N) is 1. The Bertz CT molecular complexity index is 1570. The minimum atomic E-state index is -0.871. The Morgan fingerprint density at radius 3 is 2.48 bits per heavy atom. The summed E-state index contributed by atoms with van der Waals surface area (Å²) in [5.74, 6) is -0.101. The zero-order chi connectivity index (χ0) is 31.2. The van der Waals surface area contributed by atoms with Crippen molar-refractivity contribution in [3.63, 3.8) is 0 Å². The highest BCUT2D eigenvalue weighted by Gasteiger charge is 2.34. The topological polar surface area (TPSA) is 98.7 Å². The predicted molar refractivity (Wildman–Crippen MR) is 175 cm³/mol. The molecule has 5 rings (SSSR count). The van der Waals surface area contributed by atoms with Crippen LogP contribution in [-0.2, 0) is 13.0 Å². The summed E-state index contributed by atoms with van der Waals surface area (Å²) in [6, 6.07) is 18.4. The third-order valence-corrected chi connectivity index (χ3v) is 8.94. The maximum Gasteiger partial charge on any atom is 0.254 e. The van der Waals surface area contributed by atoms with E-state index in [2.05, 4.69) is 35.2 Å². The summed E-state index contributed by atoms with van der Waals surface area (Å²) in [6.07, 6.45) is 5.17. The predicted octanol–water partition coefficient (Wildman–Crippen LogP) is 5.61. The fraction of sp³-hybridized carbons (Fsp3) is 0.371. The second-order valence-electron chi connectivity index (χ2n) is 12.0. The van der Waals surface area contributed by atoms with Crippen molar-refractivity contribution in [3.8, 4) is 0 Å². The number of pyridine rings is 1. The van der Waals surface area contributed by atoms with Crippen molar-refractivity contribution in [2.24, 2.45) is 0 Å². The smallest absolute Gasteiger partial charge is 0.254 e. The first-order valence-corrected chi connectivity index (χ1v) is 16.1. The van der Waals surface area contributed by atoms with Crippen molar-refractivity contribution in [2.45, 2.75) is 70.7 Å². The zero-order valence-electron chi connectivity index (χ0n) is 25.8. The Labute approximate surface area is 263 Å². The molecule has 0 spiro atoms. The van der Waals surface area contributed by atoms with Gasteiger partial charge in [0.25, 0.3) is 11.8 Å². The molecule has 9 heteroatoms. The largest absolute Gasteiger partial charge is 0.389 e. The molecule has 2 atom stereocenters. The summed E-state index contributed by atoms with van der Waals surface area (Å²) in [5, 5.41) is 17.4. The number of anilines is 1. The average molecular weight is 612 g/mol. The van der Waals surface area contributed by atoms with Crippen molar-refractivity contribution in [3.05, 3.63) is 111 Å². The molecule has 0 bridgehead atoms. The number of aliphatic hydroxyl groups excluding tert-OH is 1. The summed E-state index contributed by atoms with van der Waals surface area (Å²) >= 11 is 1.56. The summed E-state index contributed by atoms with van der Waals surface area (Å²) in [4.78, 5) is 40.0. The van der Waals surface area contributed by atoms with Crippen LogP contribution in [0.2, 0.25) is 0 Å². The minimum absolute atomic E-state index is 0.102. The Balaban J connectivity index is 1.32. The lowest BCUT2D eigenvalue weighted by Gasteiger charge is -2.29.